The van der Waals surface area contributed by atoms with Crippen LogP contribution in [-0.4, -0.2) is 5.66 Å². The van der Waals surface area contributed by atoms with Crippen LogP contribution in [0.5, 0.6) is 0 Å². The molecule has 1 aliphatic rings. The van der Waals surface area contributed by atoms with Gasteiger partial charge in [0.25, 0.3) is 0 Å². The Morgan fingerprint density at radius 1 is 0.542 bits per heavy atom. The highest BCUT2D eigenvalue weighted by Gasteiger charge is 2.54. The van der Waals surface area contributed by atoms with Gasteiger partial charge in [0.2, 0.25) is 0 Å². The van der Waals surface area contributed by atoms with Gasteiger partial charge in [-0.25, -0.2) is 0 Å². The van der Waals surface area contributed by atoms with Gasteiger partial charge in [0.1, 0.15) is 23.2 Å². The van der Waals surface area contributed by atoms with Crippen LogP contribution in [0.3, 0.4) is 0 Å². The molecule has 0 saturated heterocycles. The molecule has 2 heteroatoms. The van der Waals surface area contributed by atoms with Gasteiger partial charge >= 0.3 is 0 Å². The summed E-state index contributed by atoms with van der Waals surface area (Å²) in [5.41, 5.74) is 0.787. The first-order chi connectivity index (χ1) is 11.4. The molecule has 1 aliphatic carbocycles. The molecule has 0 aliphatic heterocycles. The number of halogens is 1. The van der Waals surface area contributed by atoms with Crippen LogP contribution in [0, 0.1) is 0 Å². The Balaban J connectivity index is 0.00000169. The van der Waals surface area contributed by atoms with Crippen molar-refractivity contribution in [3.63, 3.8) is 0 Å². The minimum Gasteiger partial charge on any atom is -1.00 e. The second kappa shape index (κ2) is 7.80. The van der Waals surface area contributed by atoms with Crippen LogP contribution in [0.1, 0.15) is 19.3 Å². The molecular formula is C22H22IP. The molecule has 122 valence electrons. The van der Waals surface area contributed by atoms with Gasteiger partial charge in [0, 0.05) is 0 Å². The van der Waals surface area contributed by atoms with E-state index < -0.39 is 7.26 Å². The lowest BCUT2D eigenvalue weighted by Gasteiger charge is -2.39. The summed E-state index contributed by atoms with van der Waals surface area (Å²) in [6.07, 6.45) is 4.08. The van der Waals surface area contributed by atoms with E-state index in [1.165, 1.54) is 35.2 Å². The van der Waals surface area contributed by atoms with Gasteiger partial charge in [-0.05, 0) is 55.7 Å². The zero-order valence-corrected chi connectivity index (χ0v) is 16.7. The zero-order valence-electron chi connectivity index (χ0n) is 13.7. The van der Waals surface area contributed by atoms with Crippen molar-refractivity contribution in [1.82, 2.24) is 0 Å². The topological polar surface area (TPSA) is 0 Å². The van der Waals surface area contributed by atoms with E-state index in [9.17, 15) is 0 Å². The lowest BCUT2D eigenvalue weighted by Crippen LogP contribution is -3.00. The van der Waals surface area contributed by atoms with E-state index in [1.807, 2.05) is 0 Å². The maximum absolute atomic E-state index is 2.35. The minimum absolute atomic E-state index is 0. The predicted molar refractivity (Wildman–Crippen MR) is 103 cm³/mol. The fourth-order valence-electron chi connectivity index (χ4n) is 3.84. The molecule has 3 aromatic rings. The van der Waals surface area contributed by atoms with E-state index in [0.29, 0.717) is 0 Å². The van der Waals surface area contributed by atoms with Crippen molar-refractivity contribution in [2.45, 2.75) is 24.9 Å². The summed E-state index contributed by atoms with van der Waals surface area (Å²) in [6, 6.07) is 33.7. The van der Waals surface area contributed by atoms with Gasteiger partial charge in [0.15, 0.2) is 0 Å². The van der Waals surface area contributed by atoms with Crippen molar-refractivity contribution in [1.29, 1.82) is 0 Å². The first kappa shape index (κ1) is 17.6. The second-order valence-electron chi connectivity index (χ2n) is 6.31. The third-order valence-corrected chi connectivity index (χ3v) is 10.1. The lowest BCUT2D eigenvalue weighted by molar-refractivity contribution is -0.00000443. The quantitative estimate of drug-likeness (QED) is 0.423. The van der Waals surface area contributed by atoms with Crippen LogP contribution in [0.2, 0.25) is 0 Å². The van der Waals surface area contributed by atoms with Gasteiger partial charge in [-0.1, -0.05) is 54.6 Å². The molecule has 1 saturated carbocycles. The molecule has 3 aromatic carbocycles. The zero-order chi connectivity index (χ0) is 15.5. The average Bonchev–Trinajstić information content (AvgIpc) is 2.60. The SMILES string of the molecule is [I-].c1ccc([P+](c2ccccc2)(c2ccccc2)C2CCC2)cc1. The Morgan fingerprint density at radius 2 is 0.875 bits per heavy atom. The average molecular weight is 444 g/mol. The van der Waals surface area contributed by atoms with Crippen molar-refractivity contribution in [2.75, 3.05) is 0 Å². The third-order valence-electron chi connectivity index (χ3n) is 5.11. The third kappa shape index (κ3) is 2.93. The molecule has 0 nitrogen and oxygen atoms in total. The van der Waals surface area contributed by atoms with Gasteiger partial charge in [-0.3, -0.25) is 0 Å². The summed E-state index contributed by atoms with van der Waals surface area (Å²) in [7, 11) is -1.56. The molecule has 1 fully saturated rings. The molecule has 0 radical (unpaired) electrons. The van der Waals surface area contributed by atoms with Crippen molar-refractivity contribution in [2.24, 2.45) is 0 Å². The Labute approximate surface area is 162 Å². The minimum atomic E-state index is -1.56. The van der Waals surface area contributed by atoms with Crippen molar-refractivity contribution < 1.29 is 24.0 Å². The maximum Gasteiger partial charge on any atom is 0.115 e. The van der Waals surface area contributed by atoms with E-state index >= 15 is 0 Å². The summed E-state index contributed by atoms with van der Waals surface area (Å²) in [4.78, 5) is 0. The molecule has 24 heavy (non-hydrogen) atoms. The van der Waals surface area contributed by atoms with E-state index in [2.05, 4.69) is 91.0 Å². The molecule has 4 rings (SSSR count). The van der Waals surface area contributed by atoms with Crippen LogP contribution in [-0.2, 0) is 0 Å². The fourth-order valence-corrected chi connectivity index (χ4v) is 9.07. The van der Waals surface area contributed by atoms with E-state index in [1.54, 1.807) is 0 Å². The Bertz CT molecular complexity index is 655. The smallest absolute Gasteiger partial charge is 0.115 e. The molecule has 0 aromatic heterocycles. The van der Waals surface area contributed by atoms with Crippen molar-refractivity contribution in [3.8, 4) is 0 Å². The van der Waals surface area contributed by atoms with Gasteiger partial charge in [0.05, 0.1) is 5.66 Å². The Morgan fingerprint density at radius 3 is 1.12 bits per heavy atom. The Hall–Kier alpha value is -1.18. The number of hydrogen-bond donors (Lipinski definition) is 0. The van der Waals surface area contributed by atoms with Gasteiger partial charge in [-0.2, -0.15) is 0 Å². The standard InChI is InChI=1S/C22H22P.HI/c1-4-11-19(12-5-1)23(22-17-10-18-22,20-13-6-2-7-14-20)21-15-8-3-9-16-21;/h1-9,11-16,22H,10,17-18H2;1H/q+1;/p-1. The molecule has 0 unspecified atom stereocenters. The summed E-state index contributed by atoms with van der Waals surface area (Å²) in [5, 5.41) is 4.59. The van der Waals surface area contributed by atoms with E-state index in [-0.39, 0.29) is 24.0 Å². The maximum atomic E-state index is 2.35. The van der Waals surface area contributed by atoms with Gasteiger partial charge in [-0.15, -0.1) is 0 Å². The number of rotatable bonds is 4. The summed E-state index contributed by atoms with van der Waals surface area (Å²) >= 11 is 0. The molecule has 0 heterocycles. The number of hydrogen-bond acceptors (Lipinski definition) is 0. The molecule has 0 bridgehead atoms. The first-order valence-electron chi connectivity index (χ1n) is 8.48. The lowest BCUT2D eigenvalue weighted by atomic mass is 10.00. The highest BCUT2D eigenvalue weighted by molar-refractivity contribution is 7.96. The van der Waals surface area contributed by atoms with Crippen LogP contribution in [0.25, 0.3) is 0 Å². The molecule has 0 amide bonds. The monoisotopic (exact) mass is 444 g/mol. The van der Waals surface area contributed by atoms with Crippen LogP contribution >= 0.6 is 7.26 Å². The predicted octanol–water partition coefficient (Wildman–Crippen LogP) is 1.54. The van der Waals surface area contributed by atoms with Crippen LogP contribution in [0.4, 0.5) is 0 Å². The van der Waals surface area contributed by atoms with Crippen LogP contribution in [0.15, 0.2) is 91.0 Å². The van der Waals surface area contributed by atoms with Gasteiger partial charge < -0.3 is 24.0 Å². The number of benzene rings is 3. The first-order valence-corrected chi connectivity index (χ1v) is 10.3. The van der Waals surface area contributed by atoms with E-state index in [0.717, 1.165) is 5.66 Å². The van der Waals surface area contributed by atoms with Crippen molar-refractivity contribution >= 4 is 23.2 Å². The highest BCUT2D eigenvalue weighted by atomic mass is 127. The molecular weight excluding hydrogens is 422 g/mol. The molecule has 0 N–H and O–H groups in total. The molecule has 0 spiro atoms. The van der Waals surface area contributed by atoms with E-state index in [4.69, 9.17) is 0 Å². The second-order valence-corrected chi connectivity index (χ2v) is 10.0. The summed E-state index contributed by atoms with van der Waals surface area (Å²) < 4.78 is 0. The van der Waals surface area contributed by atoms with Crippen LogP contribution < -0.4 is 39.9 Å². The largest absolute Gasteiger partial charge is 1.00 e. The van der Waals surface area contributed by atoms with Crippen molar-refractivity contribution in [3.05, 3.63) is 91.0 Å². The normalized spacial score (nSPS) is 14.5. The molecule has 0 atom stereocenters. The fraction of sp³-hybridized carbons (Fsp3) is 0.182. The Kier molecular flexibility index (Phi) is 5.73. The summed E-state index contributed by atoms with van der Waals surface area (Å²) in [6.45, 7) is 0. The highest BCUT2D eigenvalue weighted by Crippen LogP contribution is 2.65. The summed E-state index contributed by atoms with van der Waals surface area (Å²) in [5.74, 6) is 0.